The molecule has 0 spiro atoms. The molecule has 0 atom stereocenters. The van der Waals surface area contributed by atoms with Crippen LogP contribution >= 0.6 is 27.3 Å². The molecule has 0 amide bonds. The van der Waals surface area contributed by atoms with Crippen LogP contribution < -0.4 is 0 Å². The largest absolute Gasteiger partial charge is 0.461 e. The zero-order chi connectivity index (χ0) is 11.5. The minimum atomic E-state index is -0.407. The lowest BCUT2D eigenvalue weighted by Gasteiger charge is -1.95. The smallest absolute Gasteiger partial charge is 0.357 e. The third kappa shape index (κ3) is 2.33. The predicted molar refractivity (Wildman–Crippen MR) is 63.5 cm³/mol. The lowest BCUT2D eigenvalue weighted by atomic mass is 10.4. The van der Waals surface area contributed by atoms with Crippen LogP contribution in [0.25, 0.3) is 10.8 Å². The topological polar surface area (TPSA) is 52.3 Å². The highest BCUT2D eigenvalue weighted by atomic mass is 79.9. The summed E-state index contributed by atoms with van der Waals surface area (Å²) in [5, 5.41) is 2.32. The number of furan rings is 1. The van der Waals surface area contributed by atoms with Crippen molar-refractivity contribution in [2.45, 2.75) is 6.92 Å². The van der Waals surface area contributed by atoms with Gasteiger partial charge in [-0.25, -0.2) is 9.78 Å². The van der Waals surface area contributed by atoms with E-state index in [1.165, 1.54) is 11.3 Å². The van der Waals surface area contributed by atoms with E-state index in [1.807, 2.05) is 0 Å². The van der Waals surface area contributed by atoms with Gasteiger partial charge in [-0.15, -0.1) is 11.3 Å². The molecular formula is C10H8BrNO3S. The van der Waals surface area contributed by atoms with Crippen LogP contribution in [0.5, 0.6) is 0 Å². The van der Waals surface area contributed by atoms with Gasteiger partial charge in [0.25, 0.3) is 0 Å². The number of halogens is 1. The van der Waals surface area contributed by atoms with Gasteiger partial charge in [0, 0.05) is 5.38 Å². The van der Waals surface area contributed by atoms with Crippen LogP contribution in [0.4, 0.5) is 0 Å². The number of esters is 1. The lowest BCUT2D eigenvalue weighted by molar-refractivity contribution is 0.0520. The second kappa shape index (κ2) is 4.80. The Morgan fingerprint density at radius 3 is 3.06 bits per heavy atom. The van der Waals surface area contributed by atoms with Crippen LogP contribution in [-0.4, -0.2) is 17.6 Å². The molecule has 0 unspecified atom stereocenters. The molecule has 0 saturated heterocycles. The minimum Gasteiger partial charge on any atom is -0.461 e. The SMILES string of the molecule is CCOC(=O)c1csc(-c2ccc(Br)o2)n1. The Kier molecular flexibility index (Phi) is 3.40. The van der Waals surface area contributed by atoms with E-state index in [-0.39, 0.29) is 0 Å². The van der Waals surface area contributed by atoms with E-state index in [1.54, 1.807) is 24.4 Å². The van der Waals surface area contributed by atoms with E-state index in [0.717, 1.165) is 0 Å². The molecule has 2 heterocycles. The van der Waals surface area contributed by atoms with Gasteiger partial charge in [0.15, 0.2) is 21.1 Å². The quantitative estimate of drug-likeness (QED) is 0.816. The Morgan fingerprint density at radius 1 is 1.62 bits per heavy atom. The van der Waals surface area contributed by atoms with Crippen molar-refractivity contribution in [3.05, 3.63) is 27.9 Å². The average molecular weight is 302 g/mol. The van der Waals surface area contributed by atoms with E-state index in [4.69, 9.17) is 9.15 Å². The fourth-order valence-corrected chi connectivity index (χ4v) is 2.17. The molecule has 0 radical (unpaired) electrons. The van der Waals surface area contributed by atoms with Gasteiger partial charge in [-0.2, -0.15) is 0 Å². The number of hydrogen-bond donors (Lipinski definition) is 0. The molecule has 0 saturated carbocycles. The molecular weight excluding hydrogens is 294 g/mol. The second-order valence-electron chi connectivity index (χ2n) is 2.86. The van der Waals surface area contributed by atoms with E-state index < -0.39 is 5.97 Å². The van der Waals surface area contributed by atoms with Gasteiger partial charge in [0.1, 0.15) is 0 Å². The molecule has 0 aliphatic rings. The lowest BCUT2D eigenvalue weighted by Crippen LogP contribution is -2.04. The third-order valence-corrected chi connectivity index (χ3v) is 3.06. The van der Waals surface area contributed by atoms with Gasteiger partial charge in [0.05, 0.1) is 6.61 Å². The fourth-order valence-electron chi connectivity index (χ4n) is 1.11. The summed E-state index contributed by atoms with van der Waals surface area (Å²) in [6.45, 7) is 2.10. The zero-order valence-electron chi connectivity index (χ0n) is 8.40. The van der Waals surface area contributed by atoms with Gasteiger partial charge in [-0.3, -0.25) is 0 Å². The molecule has 0 bridgehead atoms. The zero-order valence-corrected chi connectivity index (χ0v) is 10.8. The maximum absolute atomic E-state index is 11.4. The van der Waals surface area contributed by atoms with Crippen molar-refractivity contribution in [3.63, 3.8) is 0 Å². The molecule has 6 heteroatoms. The number of rotatable bonds is 3. The Hall–Kier alpha value is -1.14. The van der Waals surface area contributed by atoms with Crippen LogP contribution in [0, 0.1) is 0 Å². The Labute approximate surface area is 104 Å². The molecule has 2 aromatic heterocycles. The van der Waals surface area contributed by atoms with Crippen molar-refractivity contribution in [1.29, 1.82) is 0 Å². The summed E-state index contributed by atoms with van der Waals surface area (Å²) in [6.07, 6.45) is 0. The van der Waals surface area contributed by atoms with Crippen LogP contribution in [-0.2, 0) is 4.74 Å². The highest BCUT2D eigenvalue weighted by molar-refractivity contribution is 9.10. The molecule has 0 aromatic carbocycles. The predicted octanol–water partition coefficient (Wildman–Crippen LogP) is 3.34. The number of ether oxygens (including phenoxy) is 1. The summed E-state index contributed by atoms with van der Waals surface area (Å²) in [7, 11) is 0. The molecule has 2 aromatic rings. The van der Waals surface area contributed by atoms with Gasteiger partial charge < -0.3 is 9.15 Å². The first-order chi connectivity index (χ1) is 7.70. The van der Waals surface area contributed by atoms with E-state index in [9.17, 15) is 4.79 Å². The van der Waals surface area contributed by atoms with Crippen molar-refractivity contribution >= 4 is 33.2 Å². The number of thiazole rings is 1. The van der Waals surface area contributed by atoms with E-state index >= 15 is 0 Å². The van der Waals surface area contributed by atoms with Crippen LogP contribution in [0.2, 0.25) is 0 Å². The normalized spacial score (nSPS) is 10.4. The Bertz CT molecular complexity index is 506. The van der Waals surface area contributed by atoms with Crippen molar-refractivity contribution < 1.29 is 13.9 Å². The van der Waals surface area contributed by atoms with Crippen molar-refractivity contribution in [3.8, 4) is 10.8 Å². The van der Waals surface area contributed by atoms with Gasteiger partial charge in [-0.05, 0) is 35.0 Å². The van der Waals surface area contributed by atoms with E-state index in [0.29, 0.717) is 27.7 Å². The Balaban J connectivity index is 2.22. The summed E-state index contributed by atoms with van der Waals surface area (Å²) < 4.78 is 10.8. The van der Waals surface area contributed by atoms with Crippen molar-refractivity contribution in [2.75, 3.05) is 6.61 Å². The maximum Gasteiger partial charge on any atom is 0.357 e. The second-order valence-corrected chi connectivity index (χ2v) is 4.50. The summed E-state index contributed by atoms with van der Waals surface area (Å²) in [5.74, 6) is 0.225. The van der Waals surface area contributed by atoms with Gasteiger partial charge in [-0.1, -0.05) is 0 Å². The number of carbonyl (C=O) groups is 1. The number of aromatic nitrogens is 1. The Morgan fingerprint density at radius 2 is 2.44 bits per heavy atom. The maximum atomic E-state index is 11.4. The molecule has 2 rings (SSSR count). The van der Waals surface area contributed by atoms with Gasteiger partial charge >= 0.3 is 5.97 Å². The molecule has 0 aliphatic carbocycles. The first kappa shape index (κ1) is 11.3. The summed E-state index contributed by atoms with van der Waals surface area (Å²) in [6, 6.07) is 3.57. The van der Waals surface area contributed by atoms with Crippen LogP contribution in [0.1, 0.15) is 17.4 Å². The van der Waals surface area contributed by atoms with Crippen molar-refractivity contribution in [1.82, 2.24) is 4.98 Å². The molecule has 16 heavy (non-hydrogen) atoms. The minimum absolute atomic E-state index is 0.314. The van der Waals surface area contributed by atoms with Gasteiger partial charge in [0.2, 0.25) is 0 Å². The first-order valence-electron chi connectivity index (χ1n) is 4.59. The third-order valence-electron chi connectivity index (χ3n) is 1.77. The number of hydrogen-bond acceptors (Lipinski definition) is 5. The standard InChI is InChI=1S/C10H8BrNO3S/c1-2-14-10(13)6-5-16-9(12-6)7-3-4-8(11)15-7/h3-5H,2H2,1H3. The molecule has 0 aliphatic heterocycles. The summed E-state index contributed by atoms with van der Waals surface area (Å²) in [4.78, 5) is 15.5. The highest BCUT2D eigenvalue weighted by Gasteiger charge is 2.14. The number of nitrogens with zero attached hydrogens (tertiary/aromatic N) is 1. The van der Waals surface area contributed by atoms with Crippen LogP contribution in [0.15, 0.2) is 26.6 Å². The molecule has 0 fully saturated rings. The molecule has 0 N–H and O–H groups in total. The highest BCUT2D eigenvalue weighted by Crippen LogP contribution is 2.27. The fraction of sp³-hybridized carbons (Fsp3) is 0.200. The summed E-state index contributed by atoms with van der Waals surface area (Å²) >= 11 is 4.55. The number of carbonyl (C=O) groups excluding carboxylic acids is 1. The molecule has 4 nitrogen and oxygen atoms in total. The summed E-state index contributed by atoms with van der Waals surface area (Å²) in [5.41, 5.74) is 0.314. The molecule has 84 valence electrons. The van der Waals surface area contributed by atoms with E-state index in [2.05, 4.69) is 20.9 Å². The van der Waals surface area contributed by atoms with Crippen LogP contribution in [0.3, 0.4) is 0 Å². The monoisotopic (exact) mass is 301 g/mol. The van der Waals surface area contributed by atoms with Crippen molar-refractivity contribution in [2.24, 2.45) is 0 Å². The first-order valence-corrected chi connectivity index (χ1v) is 6.26. The average Bonchev–Trinajstić information content (AvgIpc) is 2.85.